The molecule has 0 saturated carbocycles. The Morgan fingerprint density at radius 2 is 1.94 bits per heavy atom. The summed E-state index contributed by atoms with van der Waals surface area (Å²) >= 11 is 0. The zero-order valence-electron chi connectivity index (χ0n) is 8.93. The Balaban J connectivity index is 0.00000225. The monoisotopic (exact) mass is 241 g/mol. The maximum Gasteiger partial charge on any atom is 0.331 e. The van der Waals surface area contributed by atoms with E-state index in [1.165, 1.54) is 0 Å². The number of aliphatic carboxylic acids is 1. The average molecular weight is 242 g/mol. The zero-order chi connectivity index (χ0) is 11.1. The highest BCUT2D eigenvalue weighted by molar-refractivity contribution is 5.92. The third-order valence-corrected chi connectivity index (χ3v) is 2.07. The summed E-state index contributed by atoms with van der Waals surface area (Å²) in [5, 5.41) is 8.95. The van der Waals surface area contributed by atoms with Gasteiger partial charge in [0.2, 0.25) is 0 Å². The molecule has 1 aromatic carbocycles. The van der Waals surface area contributed by atoms with Crippen molar-refractivity contribution in [3.8, 4) is 0 Å². The summed E-state index contributed by atoms with van der Waals surface area (Å²) in [7, 11) is 0. The summed E-state index contributed by atoms with van der Waals surface area (Å²) in [6.07, 6.45) is 2.91. The molecule has 16 heavy (non-hydrogen) atoms. The zero-order valence-corrected chi connectivity index (χ0v) is 9.74. The first-order chi connectivity index (χ1) is 7.24. The van der Waals surface area contributed by atoms with Gasteiger partial charge in [0.15, 0.2) is 0 Å². The van der Waals surface area contributed by atoms with E-state index >= 15 is 0 Å². The summed E-state index contributed by atoms with van der Waals surface area (Å²) in [6, 6.07) is 9.43. The molecule has 0 aliphatic rings. The highest BCUT2D eigenvalue weighted by Gasteiger charge is 2.05. The number of rotatable bonds is 5. The minimum absolute atomic E-state index is 0. The third-order valence-electron chi connectivity index (χ3n) is 2.07. The van der Waals surface area contributed by atoms with E-state index in [2.05, 4.69) is 0 Å². The van der Waals surface area contributed by atoms with Crippen molar-refractivity contribution in [2.75, 3.05) is 6.54 Å². The number of carbonyl (C=O) groups is 1. The van der Waals surface area contributed by atoms with Crippen molar-refractivity contribution in [3.05, 3.63) is 41.5 Å². The predicted octanol–water partition coefficient (Wildman–Crippen LogP) is 2.32. The summed E-state index contributed by atoms with van der Waals surface area (Å²) in [5.41, 5.74) is 6.67. The Bertz CT molecular complexity index is 349. The van der Waals surface area contributed by atoms with Crippen LogP contribution in [-0.4, -0.2) is 17.6 Å². The topological polar surface area (TPSA) is 63.3 Å². The number of halogens is 1. The van der Waals surface area contributed by atoms with E-state index < -0.39 is 5.97 Å². The molecule has 0 aliphatic heterocycles. The summed E-state index contributed by atoms with van der Waals surface area (Å²) in [4.78, 5) is 10.9. The van der Waals surface area contributed by atoms with Crippen molar-refractivity contribution in [2.45, 2.75) is 12.8 Å². The van der Waals surface area contributed by atoms with Gasteiger partial charge < -0.3 is 10.8 Å². The molecule has 0 radical (unpaired) electrons. The first-order valence-electron chi connectivity index (χ1n) is 4.93. The lowest BCUT2D eigenvalue weighted by Gasteiger charge is -2.01. The summed E-state index contributed by atoms with van der Waals surface area (Å²) in [5.74, 6) is -0.868. The van der Waals surface area contributed by atoms with Gasteiger partial charge >= 0.3 is 5.97 Å². The van der Waals surface area contributed by atoms with Gasteiger partial charge in [-0.3, -0.25) is 0 Å². The number of carboxylic acids is 1. The van der Waals surface area contributed by atoms with Crippen molar-refractivity contribution in [1.29, 1.82) is 0 Å². The van der Waals surface area contributed by atoms with Crippen LogP contribution in [0.5, 0.6) is 0 Å². The fraction of sp³-hybridized carbons (Fsp3) is 0.250. The van der Waals surface area contributed by atoms with Gasteiger partial charge in [0, 0.05) is 5.57 Å². The van der Waals surface area contributed by atoms with Crippen molar-refractivity contribution in [2.24, 2.45) is 5.73 Å². The molecule has 0 heterocycles. The van der Waals surface area contributed by atoms with E-state index in [9.17, 15) is 4.79 Å². The Labute approximate surface area is 101 Å². The Morgan fingerprint density at radius 1 is 1.31 bits per heavy atom. The van der Waals surface area contributed by atoms with Crippen LogP contribution in [0.4, 0.5) is 0 Å². The molecule has 0 spiro atoms. The van der Waals surface area contributed by atoms with Gasteiger partial charge in [0.25, 0.3) is 0 Å². The number of hydrogen-bond acceptors (Lipinski definition) is 2. The molecule has 3 nitrogen and oxygen atoms in total. The molecule has 0 saturated heterocycles. The van der Waals surface area contributed by atoms with Gasteiger partial charge in [0.1, 0.15) is 0 Å². The van der Waals surface area contributed by atoms with Gasteiger partial charge in [-0.25, -0.2) is 4.79 Å². The molecule has 0 amide bonds. The van der Waals surface area contributed by atoms with Gasteiger partial charge in [-0.1, -0.05) is 30.3 Å². The van der Waals surface area contributed by atoms with Crippen LogP contribution in [0.3, 0.4) is 0 Å². The van der Waals surface area contributed by atoms with Crippen molar-refractivity contribution in [1.82, 2.24) is 0 Å². The Morgan fingerprint density at radius 3 is 2.44 bits per heavy atom. The Kier molecular flexibility index (Phi) is 7.25. The number of hydrogen-bond donors (Lipinski definition) is 2. The Hall–Kier alpha value is -1.32. The van der Waals surface area contributed by atoms with E-state index in [1.54, 1.807) is 6.08 Å². The molecule has 3 N–H and O–H groups in total. The van der Waals surface area contributed by atoms with Crippen LogP contribution in [0.2, 0.25) is 0 Å². The molecule has 1 aromatic rings. The summed E-state index contributed by atoms with van der Waals surface area (Å²) < 4.78 is 0. The first kappa shape index (κ1) is 14.7. The van der Waals surface area contributed by atoms with Crippen LogP contribution in [0.15, 0.2) is 35.9 Å². The van der Waals surface area contributed by atoms with Crippen LogP contribution in [0.25, 0.3) is 6.08 Å². The molecule has 88 valence electrons. The second-order valence-electron chi connectivity index (χ2n) is 3.28. The van der Waals surface area contributed by atoms with Crippen LogP contribution < -0.4 is 5.73 Å². The van der Waals surface area contributed by atoms with Gasteiger partial charge in [-0.05, 0) is 31.0 Å². The maximum absolute atomic E-state index is 10.9. The molecular formula is C12H16ClNO2. The number of carboxylic acid groups (broad SMARTS) is 1. The van der Waals surface area contributed by atoms with Gasteiger partial charge in [-0.2, -0.15) is 0 Å². The van der Waals surface area contributed by atoms with Crippen LogP contribution in [0, 0.1) is 0 Å². The van der Waals surface area contributed by atoms with Crippen molar-refractivity contribution >= 4 is 24.5 Å². The molecule has 0 bridgehead atoms. The minimum Gasteiger partial charge on any atom is -0.478 e. The lowest BCUT2D eigenvalue weighted by molar-refractivity contribution is -0.132. The smallest absolute Gasteiger partial charge is 0.331 e. The van der Waals surface area contributed by atoms with E-state index in [1.807, 2.05) is 30.3 Å². The van der Waals surface area contributed by atoms with Gasteiger partial charge in [-0.15, -0.1) is 12.4 Å². The highest BCUT2D eigenvalue weighted by Crippen LogP contribution is 2.11. The number of benzene rings is 1. The standard InChI is InChI=1S/C12H15NO2.ClH/c13-8-4-7-11(12(14)15)9-10-5-2-1-3-6-10;/h1-3,5-6,9H,4,7-8,13H2,(H,14,15);1H. The quantitative estimate of drug-likeness (QED) is 0.778. The van der Waals surface area contributed by atoms with Crippen LogP contribution >= 0.6 is 12.4 Å². The molecule has 0 aromatic heterocycles. The number of nitrogens with two attached hydrogens (primary N) is 1. The average Bonchev–Trinajstić information content (AvgIpc) is 2.25. The predicted molar refractivity (Wildman–Crippen MR) is 67.6 cm³/mol. The van der Waals surface area contributed by atoms with E-state index in [4.69, 9.17) is 10.8 Å². The molecule has 0 fully saturated rings. The van der Waals surface area contributed by atoms with Gasteiger partial charge in [0.05, 0.1) is 0 Å². The lowest BCUT2D eigenvalue weighted by Crippen LogP contribution is -2.04. The highest BCUT2D eigenvalue weighted by atomic mass is 35.5. The van der Waals surface area contributed by atoms with Crippen LogP contribution in [0.1, 0.15) is 18.4 Å². The molecular weight excluding hydrogens is 226 g/mol. The van der Waals surface area contributed by atoms with Crippen molar-refractivity contribution in [3.63, 3.8) is 0 Å². The molecule has 0 aliphatic carbocycles. The van der Waals surface area contributed by atoms with E-state index in [0.29, 0.717) is 25.0 Å². The largest absolute Gasteiger partial charge is 0.478 e. The molecule has 1 rings (SSSR count). The lowest BCUT2D eigenvalue weighted by atomic mass is 10.1. The fourth-order valence-corrected chi connectivity index (χ4v) is 1.28. The van der Waals surface area contributed by atoms with E-state index in [0.717, 1.165) is 5.56 Å². The SMILES string of the molecule is Cl.NCCCC(=Cc1ccccc1)C(=O)O. The summed E-state index contributed by atoms with van der Waals surface area (Å²) in [6.45, 7) is 0.513. The second-order valence-corrected chi connectivity index (χ2v) is 3.28. The molecule has 4 heteroatoms. The normalized spacial score (nSPS) is 10.7. The third kappa shape index (κ3) is 4.96. The second kappa shape index (κ2) is 7.91. The molecule has 0 atom stereocenters. The first-order valence-corrected chi connectivity index (χ1v) is 4.93. The van der Waals surface area contributed by atoms with Crippen molar-refractivity contribution < 1.29 is 9.90 Å². The van der Waals surface area contributed by atoms with Crippen LogP contribution in [-0.2, 0) is 4.79 Å². The van der Waals surface area contributed by atoms with E-state index in [-0.39, 0.29) is 12.4 Å². The minimum atomic E-state index is -0.868. The maximum atomic E-state index is 10.9. The molecule has 0 unspecified atom stereocenters. The fourth-order valence-electron chi connectivity index (χ4n) is 1.28.